The van der Waals surface area contributed by atoms with Gasteiger partial charge in [0.05, 0.1) is 6.54 Å². The van der Waals surface area contributed by atoms with Crippen molar-refractivity contribution in [3.05, 3.63) is 35.9 Å². The van der Waals surface area contributed by atoms with Crippen molar-refractivity contribution in [2.24, 2.45) is 0 Å². The monoisotopic (exact) mass is 300 g/mol. The SMILES string of the molecule is C#CC1CN(C(=O)OCc2ccccc2)CCN1C(=O)CC. The van der Waals surface area contributed by atoms with Gasteiger partial charge < -0.3 is 14.5 Å². The lowest BCUT2D eigenvalue weighted by molar-refractivity contribution is -0.134. The van der Waals surface area contributed by atoms with Gasteiger partial charge in [0.1, 0.15) is 12.6 Å². The maximum Gasteiger partial charge on any atom is 0.410 e. The number of benzene rings is 1. The lowest BCUT2D eigenvalue weighted by Gasteiger charge is -2.38. The third-order valence-corrected chi connectivity index (χ3v) is 3.66. The highest BCUT2D eigenvalue weighted by atomic mass is 16.6. The molecule has 1 unspecified atom stereocenters. The number of piperazine rings is 1. The van der Waals surface area contributed by atoms with Crippen molar-refractivity contribution in [2.45, 2.75) is 26.0 Å². The van der Waals surface area contributed by atoms with E-state index in [1.165, 1.54) is 0 Å². The van der Waals surface area contributed by atoms with E-state index in [-0.39, 0.29) is 18.6 Å². The molecule has 2 rings (SSSR count). The number of nitrogens with zero attached hydrogens (tertiary/aromatic N) is 2. The van der Waals surface area contributed by atoms with Crippen LogP contribution in [0.4, 0.5) is 4.79 Å². The number of hydrogen-bond acceptors (Lipinski definition) is 3. The van der Waals surface area contributed by atoms with E-state index in [1.54, 1.807) is 16.7 Å². The molecule has 0 spiro atoms. The molecular weight excluding hydrogens is 280 g/mol. The van der Waals surface area contributed by atoms with Gasteiger partial charge >= 0.3 is 6.09 Å². The molecule has 0 aliphatic carbocycles. The average molecular weight is 300 g/mol. The van der Waals surface area contributed by atoms with Crippen molar-refractivity contribution in [3.8, 4) is 12.3 Å². The summed E-state index contributed by atoms with van der Waals surface area (Å²) in [5.41, 5.74) is 0.934. The van der Waals surface area contributed by atoms with Crippen molar-refractivity contribution >= 4 is 12.0 Å². The predicted molar refractivity (Wildman–Crippen MR) is 82.8 cm³/mol. The van der Waals surface area contributed by atoms with Crippen molar-refractivity contribution in [3.63, 3.8) is 0 Å². The zero-order chi connectivity index (χ0) is 15.9. The fourth-order valence-corrected chi connectivity index (χ4v) is 2.40. The van der Waals surface area contributed by atoms with Crippen molar-refractivity contribution in [2.75, 3.05) is 19.6 Å². The normalized spacial score (nSPS) is 17.7. The van der Waals surface area contributed by atoms with E-state index in [2.05, 4.69) is 5.92 Å². The minimum absolute atomic E-state index is 0.0141. The summed E-state index contributed by atoms with van der Waals surface area (Å²) in [4.78, 5) is 27.1. The zero-order valence-electron chi connectivity index (χ0n) is 12.7. The maximum atomic E-state index is 12.1. The number of amides is 2. The van der Waals surface area contributed by atoms with E-state index in [0.29, 0.717) is 26.1 Å². The van der Waals surface area contributed by atoms with Gasteiger partial charge in [-0.15, -0.1) is 6.42 Å². The summed E-state index contributed by atoms with van der Waals surface area (Å²) >= 11 is 0. The second kappa shape index (κ2) is 7.51. The highest BCUT2D eigenvalue weighted by molar-refractivity contribution is 5.77. The topological polar surface area (TPSA) is 49.9 Å². The third-order valence-electron chi connectivity index (χ3n) is 3.66. The summed E-state index contributed by atoms with van der Waals surface area (Å²) in [5, 5.41) is 0. The Hall–Kier alpha value is -2.48. The van der Waals surface area contributed by atoms with Crippen molar-refractivity contribution in [1.29, 1.82) is 0 Å². The first kappa shape index (κ1) is 15.9. The number of carbonyl (C=O) groups is 2. The number of terminal acetylenes is 1. The van der Waals surface area contributed by atoms with Crippen molar-refractivity contribution in [1.82, 2.24) is 9.80 Å². The van der Waals surface area contributed by atoms with E-state index in [1.807, 2.05) is 30.3 Å². The Kier molecular flexibility index (Phi) is 5.42. The van der Waals surface area contributed by atoms with E-state index in [4.69, 9.17) is 11.2 Å². The molecule has 1 aromatic carbocycles. The summed E-state index contributed by atoms with van der Waals surface area (Å²) in [6, 6.07) is 9.11. The van der Waals surface area contributed by atoms with Crippen LogP contribution < -0.4 is 0 Å². The number of carbonyl (C=O) groups excluding carboxylic acids is 2. The van der Waals surface area contributed by atoms with Gasteiger partial charge in [0.15, 0.2) is 0 Å². The fraction of sp³-hybridized carbons (Fsp3) is 0.412. The first-order valence-corrected chi connectivity index (χ1v) is 7.37. The predicted octanol–water partition coefficient (Wildman–Crippen LogP) is 1.88. The average Bonchev–Trinajstić information content (AvgIpc) is 2.59. The van der Waals surface area contributed by atoms with Gasteiger partial charge in [0.2, 0.25) is 5.91 Å². The molecule has 0 radical (unpaired) electrons. The summed E-state index contributed by atoms with van der Waals surface area (Å²) in [7, 11) is 0. The molecule has 1 heterocycles. The van der Waals surface area contributed by atoms with Crippen LogP contribution in [0.3, 0.4) is 0 Å². The van der Waals surface area contributed by atoms with Gasteiger partial charge in [-0.3, -0.25) is 4.79 Å². The summed E-state index contributed by atoms with van der Waals surface area (Å²) in [6.45, 7) is 3.24. The van der Waals surface area contributed by atoms with Crippen LogP contribution >= 0.6 is 0 Å². The molecule has 1 aliphatic rings. The Labute approximate surface area is 130 Å². The first-order chi connectivity index (χ1) is 10.7. The zero-order valence-corrected chi connectivity index (χ0v) is 12.7. The number of hydrogen-bond donors (Lipinski definition) is 0. The second-order valence-corrected chi connectivity index (χ2v) is 5.11. The molecular formula is C17H20N2O3. The highest BCUT2D eigenvalue weighted by Gasteiger charge is 2.31. The molecule has 0 aromatic heterocycles. The Morgan fingerprint density at radius 3 is 2.68 bits per heavy atom. The standard InChI is InChI=1S/C17H20N2O3/c1-3-15-12-18(10-11-19(15)16(20)4-2)17(21)22-13-14-8-6-5-7-9-14/h1,5-9,15H,4,10-13H2,2H3. The number of ether oxygens (including phenoxy) is 1. The van der Waals surface area contributed by atoms with Gasteiger partial charge in [-0.05, 0) is 5.56 Å². The Morgan fingerprint density at radius 1 is 1.32 bits per heavy atom. The van der Waals surface area contributed by atoms with Crippen LogP contribution in [0.2, 0.25) is 0 Å². The molecule has 1 atom stereocenters. The van der Waals surface area contributed by atoms with Crippen LogP contribution in [0.5, 0.6) is 0 Å². The molecule has 5 heteroatoms. The molecule has 22 heavy (non-hydrogen) atoms. The lowest BCUT2D eigenvalue weighted by atomic mass is 10.1. The van der Waals surface area contributed by atoms with Gasteiger partial charge in [0, 0.05) is 19.5 Å². The largest absolute Gasteiger partial charge is 0.445 e. The van der Waals surface area contributed by atoms with Gasteiger partial charge in [0.25, 0.3) is 0 Å². The third kappa shape index (κ3) is 3.79. The van der Waals surface area contributed by atoms with Crippen molar-refractivity contribution < 1.29 is 14.3 Å². The minimum Gasteiger partial charge on any atom is -0.445 e. The molecule has 2 amide bonds. The smallest absolute Gasteiger partial charge is 0.410 e. The van der Waals surface area contributed by atoms with Crippen LogP contribution in [-0.2, 0) is 16.1 Å². The van der Waals surface area contributed by atoms with Gasteiger partial charge in [-0.2, -0.15) is 0 Å². The quantitative estimate of drug-likeness (QED) is 0.801. The molecule has 116 valence electrons. The lowest BCUT2D eigenvalue weighted by Crippen LogP contribution is -2.56. The molecule has 0 bridgehead atoms. The Balaban J connectivity index is 1.90. The van der Waals surface area contributed by atoms with E-state index in [0.717, 1.165) is 5.56 Å². The summed E-state index contributed by atoms with van der Waals surface area (Å²) in [5.74, 6) is 2.60. The fourth-order valence-electron chi connectivity index (χ4n) is 2.40. The first-order valence-electron chi connectivity index (χ1n) is 7.37. The van der Waals surface area contributed by atoms with Gasteiger partial charge in [-0.25, -0.2) is 4.79 Å². The van der Waals surface area contributed by atoms with Gasteiger partial charge in [-0.1, -0.05) is 43.2 Å². The molecule has 1 saturated heterocycles. The van der Waals surface area contributed by atoms with Crippen LogP contribution in [0.1, 0.15) is 18.9 Å². The van der Waals surface area contributed by atoms with E-state index >= 15 is 0 Å². The second-order valence-electron chi connectivity index (χ2n) is 5.11. The van der Waals surface area contributed by atoms with Crippen LogP contribution in [0.15, 0.2) is 30.3 Å². The molecule has 0 N–H and O–H groups in total. The molecule has 1 aliphatic heterocycles. The van der Waals surface area contributed by atoms with Crippen LogP contribution in [0.25, 0.3) is 0 Å². The highest BCUT2D eigenvalue weighted by Crippen LogP contribution is 2.13. The molecule has 0 saturated carbocycles. The molecule has 1 aromatic rings. The summed E-state index contributed by atoms with van der Waals surface area (Å²) < 4.78 is 5.30. The van der Waals surface area contributed by atoms with E-state index in [9.17, 15) is 9.59 Å². The van der Waals surface area contributed by atoms with Crippen LogP contribution in [0, 0.1) is 12.3 Å². The summed E-state index contributed by atoms with van der Waals surface area (Å²) in [6.07, 6.45) is 5.51. The Morgan fingerprint density at radius 2 is 2.05 bits per heavy atom. The van der Waals surface area contributed by atoms with Crippen LogP contribution in [-0.4, -0.2) is 47.5 Å². The molecule has 5 nitrogen and oxygen atoms in total. The minimum atomic E-state index is -0.396. The van der Waals surface area contributed by atoms with E-state index < -0.39 is 6.09 Å². The number of rotatable bonds is 3. The Bertz CT molecular complexity index is 565. The molecule has 1 fully saturated rings. The maximum absolute atomic E-state index is 12.1.